The Bertz CT molecular complexity index is 1740. The van der Waals surface area contributed by atoms with Crippen molar-refractivity contribution in [3.8, 4) is 0 Å². The molecule has 0 saturated carbocycles. The van der Waals surface area contributed by atoms with Gasteiger partial charge in [0.15, 0.2) is 6.10 Å². The van der Waals surface area contributed by atoms with Crippen molar-refractivity contribution in [2.45, 2.75) is 258 Å². The molecule has 1 unspecified atom stereocenters. The normalized spacial score (nSPS) is 13.2. The average Bonchev–Trinajstić information content (AvgIpc) is 3.43. The highest BCUT2D eigenvalue weighted by atomic mass is 16.6. The predicted octanol–water partition coefficient (Wildman–Crippen LogP) is 21.3. The molecule has 0 saturated heterocycles. The van der Waals surface area contributed by atoms with Crippen LogP contribution >= 0.6 is 0 Å². The minimum absolute atomic E-state index is 0.116. The molecular weight excluding hydrogens is 949 g/mol. The second-order valence-electron chi connectivity index (χ2n) is 19.8. The summed E-state index contributed by atoms with van der Waals surface area (Å²) in [5.74, 6) is -1.03. The van der Waals surface area contributed by atoms with Crippen molar-refractivity contribution >= 4 is 17.9 Å². The van der Waals surface area contributed by atoms with E-state index in [0.29, 0.717) is 12.8 Å². The van der Waals surface area contributed by atoms with E-state index in [-0.39, 0.29) is 44.0 Å². The lowest BCUT2D eigenvalue weighted by Gasteiger charge is -2.18. The molecule has 0 spiro atoms. The first-order chi connectivity index (χ1) is 38.0. The van der Waals surface area contributed by atoms with Crippen LogP contribution in [0.15, 0.2) is 158 Å². The van der Waals surface area contributed by atoms with Crippen LogP contribution in [0.2, 0.25) is 0 Å². The Hall–Kier alpha value is -4.97. The van der Waals surface area contributed by atoms with Gasteiger partial charge in [-0.15, -0.1) is 0 Å². The molecule has 0 radical (unpaired) electrons. The molecule has 0 aromatic heterocycles. The summed E-state index contributed by atoms with van der Waals surface area (Å²) >= 11 is 0. The fourth-order valence-electron chi connectivity index (χ4n) is 8.00. The second-order valence-corrected chi connectivity index (χ2v) is 19.8. The summed E-state index contributed by atoms with van der Waals surface area (Å²) in [6, 6.07) is 0. The van der Waals surface area contributed by atoms with Crippen molar-refractivity contribution in [3.63, 3.8) is 0 Å². The Kier molecular flexibility index (Phi) is 59.5. The van der Waals surface area contributed by atoms with E-state index in [2.05, 4.69) is 167 Å². The van der Waals surface area contributed by atoms with Crippen LogP contribution in [-0.4, -0.2) is 37.2 Å². The largest absolute Gasteiger partial charge is 0.462 e. The van der Waals surface area contributed by atoms with Gasteiger partial charge in [-0.2, -0.15) is 0 Å². The number of carbonyl (C=O) groups is 3. The van der Waals surface area contributed by atoms with Gasteiger partial charge >= 0.3 is 17.9 Å². The van der Waals surface area contributed by atoms with E-state index in [0.717, 1.165) is 135 Å². The monoisotopic (exact) mass is 1060 g/mol. The highest BCUT2D eigenvalue weighted by Gasteiger charge is 2.19. The first-order valence-corrected chi connectivity index (χ1v) is 31.0. The summed E-state index contributed by atoms with van der Waals surface area (Å²) in [5, 5.41) is 0. The third-order valence-corrected chi connectivity index (χ3v) is 12.5. The minimum Gasteiger partial charge on any atom is -0.462 e. The fourth-order valence-corrected chi connectivity index (χ4v) is 8.00. The van der Waals surface area contributed by atoms with Crippen LogP contribution in [-0.2, 0) is 28.6 Å². The molecule has 0 aliphatic rings. The lowest BCUT2D eigenvalue weighted by Crippen LogP contribution is -2.30. The molecule has 0 fully saturated rings. The van der Waals surface area contributed by atoms with Crippen LogP contribution in [0, 0.1) is 0 Å². The number of rotatable bonds is 54. The van der Waals surface area contributed by atoms with Gasteiger partial charge in [-0.25, -0.2) is 0 Å². The van der Waals surface area contributed by atoms with Crippen molar-refractivity contribution in [2.75, 3.05) is 13.2 Å². The lowest BCUT2D eigenvalue weighted by atomic mass is 10.0. The summed E-state index contributed by atoms with van der Waals surface area (Å²) in [6.07, 6.45) is 92.7. The molecule has 0 aromatic rings. The van der Waals surface area contributed by atoms with E-state index >= 15 is 0 Å². The third-order valence-electron chi connectivity index (χ3n) is 12.5. The van der Waals surface area contributed by atoms with Crippen molar-refractivity contribution in [2.24, 2.45) is 0 Å². The standard InChI is InChI=1S/C71H112O6/c1-4-7-10-13-16-19-22-25-27-29-30-31-32-33-34-35-36-37-38-39-40-42-43-46-49-52-55-58-61-64-70(73)76-67-68(66-75-69(72)63-60-57-54-51-48-45-24-21-18-15-12-9-6-3)77-71(74)65-62-59-56-53-50-47-44-41-28-26-23-20-17-14-11-8-5-2/h7-12,16-21,25-28,30-31,33-34,44-45,47-48,54,57,68H,4-6,13-15,22-24,29,32,35-43,46,49-53,55-56,58-67H2,1-3H3/b10-7-,11-8-,12-9-,19-16-,20-17-,21-18-,27-25-,28-26-,31-30-,34-33-,47-44-,48-45-,57-54-. The molecule has 0 bridgehead atoms. The number of unbranched alkanes of at least 4 members (excludes halogenated alkanes) is 17. The van der Waals surface area contributed by atoms with Crippen molar-refractivity contribution < 1.29 is 28.6 Å². The molecule has 0 rings (SSSR count). The SMILES string of the molecule is CC/C=C\C/C=C\C/C=C\C/C=C\C/C=C\CCCCCCCCCCCCCCCC(=O)OCC(COC(=O)CC/C=C\C/C=C\C/C=C\C/C=C\CC)OC(=O)CCCCCC/C=C\C/C=C\C/C=C\C/C=C\CC. The van der Waals surface area contributed by atoms with E-state index in [1.807, 2.05) is 12.2 Å². The summed E-state index contributed by atoms with van der Waals surface area (Å²) in [5.41, 5.74) is 0. The van der Waals surface area contributed by atoms with Crippen LogP contribution in [0.25, 0.3) is 0 Å². The van der Waals surface area contributed by atoms with E-state index < -0.39 is 6.10 Å². The predicted molar refractivity (Wildman–Crippen MR) is 334 cm³/mol. The molecule has 6 heteroatoms. The summed E-state index contributed by atoms with van der Waals surface area (Å²) in [4.78, 5) is 38.2. The first kappa shape index (κ1) is 72.0. The Morgan fingerprint density at radius 2 is 0.494 bits per heavy atom. The van der Waals surface area contributed by atoms with E-state index in [4.69, 9.17) is 14.2 Å². The van der Waals surface area contributed by atoms with E-state index in [1.54, 1.807) is 0 Å². The second kappa shape index (κ2) is 63.6. The number of allylic oxidation sites excluding steroid dienone is 26. The Morgan fingerprint density at radius 3 is 0.805 bits per heavy atom. The number of hydrogen-bond donors (Lipinski definition) is 0. The van der Waals surface area contributed by atoms with Gasteiger partial charge in [0.05, 0.1) is 0 Å². The molecule has 0 aromatic carbocycles. The third kappa shape index (κ3) is 61.8. The van der Waals surface area contributed by atoms with Gasteiger partial charge in [0.1, 0.15) is 13.2 Å². The topological polar surface area (TPSA) is 78.9 Å². The average molecular weight is 1060 g/mol. The molecule has 1 atom stereocenters. The molecule has 0 heterocycles. The van der Waals surface area contributed by atoms with Gasteiger partial charge in [-0.3, -0.25) is 14.4 Å². The number of hydrogen-bond acceptors (Lipinski definition) is 6. The van der Waals surface area contributed by atoms with Crippen LogP contribution in [0.5, 0.6) is 0 Å². The molecule has 6 nitrogen and oxygen atoms in total. The zero-order chi connectivity index (χ0) is 55.7. The Balaban J connectivity index is 4.36. The smallest absolute Gasteiger partial charge is 0.306 e. The van der Waals surface area contributed by atoms with Crippen molar-refractivity contribution in [1.29, 1.82) is 0 Å². The Morgan fingerprint density at radius 1 is 0.260 bits per heavy atom. The molecule has 0 aliphatic carbocycles. The molecule has 0 N–H and O–H groups in total. The van der Waals surface area contributed by atoms with Crippen LogP contribution in [0.4, 0.5) is 0 Å². The number of esters is 3. The van der Waals surface area contributed by atoms with Crippen molar-refractivity contribution in [1.82, 2.24) is 0 Å². The minimum atomic E-state index is -0.828. The first-order valence-electron chi connectivity index (χ1n) is 31.0. The quantitative estimate of drug-likeness (QED) is 0.0261. The van der Waals surface area contributed by atoms with E-state index in [9.17, 15) is 14.4 Å². The zero-order valence-electron chi connectivity index (χ0n) is 49.4. The van der Waals surface area contributed by atoms with Crippen LogP contribution < -0.4 is 0 Å². The van der Waals surface area contributed by atoms with Gasteiger partial charge in [-0.05, 0) is 128 Å². The maximum atomic E-state index is 12.9. The highest BCUT2D eigenvalue weighted by molar-refractivity contribution is 5.71. The zero-order valence-corrected chi connectivity index (χ0v) is 49.4. The van der Waals surface area contributed by atoms with Gasteiger partial charge in [-0.1, -0.05) is 262 Å². The summed E-state index contributed by atoms with van der Waals surface area (Å²) in [7, 11) is 0. The molecule has 77 heavy (non-hydrogen) atoms. The van der Waals surface area contributed by atoms with Crippen LogP contribution in [0.3, 0.4) is 0 Å². The summed E-state index contributed by atoms with van der Waals surface area (Å²) in [6.45, 7) is 6.20. The molecule has 0 aliphatic heterocycles. The molecule has 432 valence electrons. The molecular formula is C71H112O6. The van der Waals surface area contributed by atoms with Gasteiger partial charge in [0, 0.05) is 19.3 Å². The number of carbonyl (C=O) groups excluding carboxylic acids is 3. The van der Waals surface area contributed by atoms with E-state index in [1.165, 1.54) is 70.6 Å². The van der Waals surface area contributed by atoms with Gasteiger partial charge < -0.3 is 14.2 Å². The van der Waals surface area contributed by atoms with Gasteiger partial charge in [0.2, 0.25) is 0 Å². The lowest BCUT2D eigenvalue weighted by molar-refractivity contribution is -0.166. The maximum absolute atomic E-state index is 12.9. The van der Waals surface area contributed by atoms with Crippen molar-refractivity contribution in [3.05, 3.63) is 158 Å². The number of ether oxygens (including phenoxy) is 3. The molecule has 0 amide bonds. The van der Waals surface area contributed by atoms with Crippen LogP contribution in [0.1, 0.15) is 252 Å². The highest BCUT2D eigenvalue weighted by Crippen LogP contribution is 2.15. The fraction of sp³-hybridized carbons (Fsp3) is 0.592. The summed E-state index contributed by atoms with van der Waals surface area (Å²) < 4.78 is 16.8. The maximum Gasteiger partial charge on any atom is 0.306 e. The Labute approximate surface area is 473 Å². The van der Waals surface area contributed by atoms with Gasteiger partial charge in [0.25, 0.3) is 0 Å².